The Morgan fingerprint density at radius 3 is 2.76 bits per heavy atom. The van der Waals surface area contributed by atoms with Crippen molar-refractivity contribution in [3.63, 3.8) is 0 Å². The van der Waals surface area contributed by atoms with E-state index < -0.39 is 12.1 Å². The van der Waals surface area contributed by atoms with E-state index in [1.165, 1.54) is 10.4 Å². The van der Waals surface area contributed by atoms with Crippen LogP contribution in [-0.4, -0.2) is 47.1 Å². The highest BCUT2D eigenvalue weighted by Crippen LogP contribution is 2.47. The number of carbonyl (C=O) groups is 2. The van der Waals surface area contributed by atoms with Crippen LogP contribution in [0.25, 0.3) is 10.2 Å². The zero-order valence-corrected chi connectivity index (χ0v) is 17.2. The molecular formula is C20H25N5O3S. The molecule has 2 atom stereocenters. The Morgan fingerprint density at radius 1 is 1.21 bits per heavy atom. The highest BCUT2D eigenvalue weighted by atomic mass is 32.1. The van der Waals surface area contributed by atoms with Gasteiger partial charge in [-0.2, -0.15) is 0 Å². The molecule has 9 heteroatoms. The largest absolute Gasteiger partial charge is 0.474 e. The molecule has 1 saturated carbocycles. The summed E-state index contributed by atoms with van der Waals surface area (Å²) in [5.74, 6) is 0.630. The van der Waals surface area contributed by atoms with Gasteiger partial charge in [-0.1, -0.05) is 0 Å². The van der Waals surface area contributed by atoms with Crippen molar-refractivity contribution in [3.05, 3.63) is 16.8 Å². The van der Waals surface area contributed by atoms with E-state index in [4.69, 9.17) is 4.74 Å². The molecule has 3 aliphatic rings. The van der Waals surface area contributed by atoms with Crippen molar-refractivity contribution >= 4 is 33.5 Å². The van der Waals surface area contributed by atoms with Crippen LogP contribution in [0.3, 0.4) is 0 Å². The molecule has 1 saturated heterocycles. The van der Waals surface area contributed by atoms with Crippen LogP contribution in [0.5, 0.6) is 5.88 Å². The van der Waals surface area contributed by atoms with Crippen LogP contribution in [0.2, 0.25) is 0 Å². The highest BCUT2D eigenvalue weighted by Gasteiger charge is 2.37. The lowest BCUT2D eigenvalue weighted by Crippen LogP contribution is -2.34. The third-order valence-corrected chi connectivity index (χ3v) is 7.61. The normalized spacial score (nSPS) is 29.0. The molecule has 0 aromatic carbocycles. The van der Waals surface area contributed by atoms with Crippen LogP contribution in [-0.2, 0) is 11.2 Å². The first-order chi connectivity index (χ1) is 14.1. The summed E-state index contributed by atoms with van der Waals surface area (Å²) in [4.78, 5) is 34.7. The highest BCUT2D eigenvalue weighted by molar-refractivity contribution is 7.19. The van der Waals surface area contributed by atoms with E-state index in [0.717, 1.165) is 48.7 Å². The summed E-state index contributed by atoms with van der Waals surface area (Å²) >= 11 is 1.70. The van der Waals surface area contributed by atoms with Gasteiger partial charge in [-0.3, -0.25) is 10.1 Å². The van der Waals surface area contributed by atoms with E-state index in [1.54, 1.807) is 17.7 Å². The first-order valence-corrected chi connectivity index (χ1v) is 11.2. The number of nitrogens with zero attached hydrogens (tertiary/aromatic N) is 2. The van der Waals surface area contributed by atoms with E-state index in [2.05, 4.69) is 25.9 Å². The Balaban J connectivity index is 1.41. The zero-order chi connectivity index (χ0) is 20.0. The maximum Gasteiger partial charge on any atom is 0.322 e. The number of thiophene rings is 1. The molecule has 3 amide bonds. The Hall–Kier alpha value is -2.26. The molecule has 8 nitrogen and oxygen atoms in total. The van der Waals surface area contributed by atoms with Gasteiger partial charge in [-0.15, -0.1) is 11.3 Å². The number of carbonyl (C=O) groups excluding carboxylic acids is 2. The van der Waals surface area contributed by atoms with Gasteiger partial charge in [0, 0.05) is 10.9 Å². The number of ether oxygens (including phenoxy) is 1. The molecule has 5 rings (SSSR count). The minimum atomic E-state index is -0.473. The van der Waals surface area contributed by atoms with Crippen molar-refractivity contribution < 1.29 is 14.3 Å². The third-order valence-electron chi connectivity index (χ3n) is 6.43. The van der Waals surface area contributed by atoms with Gasteiger partial charge in [-0.05, 0) is 63.5 Å². The average molecular weight is 416 g/mol. The fourth-order valence-corrected chi connectivity index (χ4v) is 6.13. The standard InChI is InChI=1S/C20H25N5O3S/c1-21-11-3-5-12(6-4-11)28-18-16-15-10(8-13-17(26)25-20(27)24-13)2-7-14(15)29-19(16)23-9-22-18/h9-13,21H,2-8H2,1H3,(H2,24,25,26,27)/t10-,11?,12?,13-/m1/s1. The predicted octanol–water partition coefficient (Wildman–Crippen LogP) is 2.23. The van der Waals surface area contributed by atoms with E-state index in [0.29, 0.717) is 18.3 Å². The second-order valence-electron chi connectivity index (χ2n) is 8.16. The quantitative estimate of drug-likeness (QED) is 0.647. The molecule has 0 spiro atoms. The topological polar surface area (TPSA) is 105 Å². The molecule has 3 N–H and O–H groups in total. The minimum Gasteiger partial charge on any atom is -0.474 e. The lowest BCUT2D eigenvalue weighted by molar-refractivity contribution is -0.120. The van der Waals surface area contributed by atoms with E-state index in [1.807, 2.05) is 7.05 Å². The monoisotopic (exact) mass is 415 g/mol. The van der Waals surface area contributed by atoms with Crippen LogP contribution >= 0.6 is 11.3 Å². The molecule has 0 radical (unpaired) electrons. The minimum absolute atomic E-state index is 0.174. The van der Waals surface area contributed by atoms with Crippen LogP contribution < -0.4 is 20.7 Å². The Kier molecular flexibility index (Phi) is 4.87. The van der Waals surface area contributed by atoms with Gasteiger partial charge in [0.05, 0.1) is 5.39 Å². The summed E-state index contributed by atoms with van der Waals surface area (Å²) in [5, 5.41) is 9.42. The van der Waals surface area contributed by atoms with Crippen molar-refractivity contribution in [2.75, 3.05) is 7.05 Å². The van der Waals surface area contributed by atoms with Crippen molar-refractivity contribution in [1.82, 2.24) is 25.9 Å². The molecule has 2 aliphatic carbocycles. The fourth-order valence-electron chi connectivity index (χ4n) is 4.90. The van der Waals surface area contributed by atoms with Gasteiger partial charge in [-0.25, -0.2) is 14.8 Å². The van der Waals surface area contributed by atoms with E-state index in [9.17, 15) is 9.59 Å². The van der Waals surface area contributed by atoms with Gasteiger partial charge in [0.1, 0.15) is 23.3 Å². The van der Waals surface area contributed by atoms with Crippen LogP contribution in [0, 0.1) is 0 Å². The lowest BCUT2D eigenvalue weighted by Gasteiger charge is -2.28. The first-order valence-electron chi connectivity index (χ1n) is 10.3. The maximum absolute atomic E-state index is 12.0. The van der Waals surface area contributed by atoms with E-state index in [-0.39, 0.29) is 17.9 Å². The predicted molar refractivity (Wildman–Crippen MR) is 109 cm³/mol. The average Bonchev–Trinajstić information content (AvgIpc) is 3.37. The number of amides is 3. The molecule has 1 aliphatic heterocycles. The van der Waals surface area contributed by atoms with Crippen molar-refractivity contribution in [1.29, 1.82) is 0 Å². The number of aryl methyl sites for hydroxylation is 1. The number of rotatable bonds is 5. The van der Waals surface area contributed by atoms with Gasteiger partial charge in [0.15, 0.2) is 0 Å². The second kappa shape index (κ2) is 7.53. The summed E-state index contributed by atoms with van der Waals surface area (Å²) in [5.41, 5.74) is 1.22. The number of nitrogens with one attached hydrogen (secondary N) is 3. The van der Waals surface area contributed by atoms with Crippen molar-refractivity contribution in [2.24, 2.45) is 0 Å². The molecule has 3 heterocycles. The summed E-state index contributed by atoms with van der Waals surface area (Å²) in [6.07, 6.45) is 8.54. The number of imide groups is 1. The molecule has 29 heavy (non-hydrogen) atoms. The molecular weight excluding hydrogens is 390 g/mol. The van der Waals surface area contributed by atoms with Gasteiger partial charge in [0.2, 0.25) is 5.88 Å². The number of hydrogen-bond acceptors (Lipinski definition) is 7. The van der Waals surface area contributed by atoms with Gasteiger partial charge >= 0.3 is 6.03 Å². The Labute approximate surface area is 172 Å². The van der Waals surface area contributed by atoms with Crippen LogP contribution in [0.15, 0.2) is 6.33 Å². The molecule has 154 valence electrons. The fraction of sp³-hybridized carbons (Fsp3) is 0.600. The summed E-state index contributed by atoms with van der Waals surface area (Å²) < 4.78 is 6.38. The Morgan fingerprint density at radius 2 is 2.03 bits per heavy atom. The zero-order valence-electron chi connectivity index (χ0n) is 16.4. The number of hydrogen-bond donors (Lipinski definition) is 3. The summed E-state index contributed by atoms with van der Waals surface area (Å²) in [6.45, 7) is 0. The summed E-state index contributed by atoms with van der Waals surface area (Å²) in [7, 11) is 2.02. The van der Waals surface area contributed by atoms with Crippen LogP contribution in [0.1, 0.15) is 54.9 Å². The van der Waals surface area contributed by atoms with Gasteiger partial charge < -0.3 is 15.4 Å². The SMILES string of the molecule is CNC1CCC(Oc2ncnc3sc4c(c23)[C@@H](C[C@H]2NC(=O)NC2=O)CC4)CC1. The molecule has 2 fully saturated rings. The summed E-state index contributed by atoms with van der Waals surface area (Å²) in [6, 6.07) is -0.306. The van der Waals surface area contributed by atoms with Crippen LogP contribution in [0.4, 0.5) is 4.79 Å². The molecule has 2 aromatic rings. The second-order valence-corrected chi connectivity index (χ2v) is 9.25. The maximum atomic E-state index is 12.0. The van der Waals surface area contributed by atoms with Crippen molar-refractivity contribution in [3.8, 4) is 5.88 Å². The number of aromatic nitrogens is 2. The molecule has 0 unspecified atom stereocenters. The Bertz CT molecular complexity index is 953. The van der Waals surface area contributed by atoms with Gasteiger partial charge in [0.25, 0.3) is 5.91 Å². The molecule has 2 aromatic heterocycles. The lowest BCUT2D eigenvalue weighted by atomic mass is 9.92. The molecule has 0 bridgehead atoms. The van der Waals surface area contributed by atoms with E-state index >= 15 is 0 Å². The van der Waals surface area contributed by atoms with Crippen molar-refractivity contribution in [2.45, 2.75) is 69.1 Å². The number of urea groups is 1. The first kappa shape index (κ1) is 18.7. The smallest absolute Gasteiger partial charge is 0.322 e. The number of fused-ring (bicyclic) bond motifs is 3. The third kappa shape index (κ3) is 3.46.